The second-order valence-corrected chi connectivity index (χ2v) is 6.84. The predicted molar refractivity (Wildman–Crippen MR) is 96.7 cm³/mol. The van der Waals surface area contributed by atoms with Crippen LogP contribution in [0, 0.1) is 0 Å². The summed E-state index contributed by atoms with van der Waals surface area (Å²) in [5, 5.41) is 0. The number of hydrogen-bond acceptors (Lipinski definition) is 3. The first-order chi connectivity index (χ1) is 11.6. The number of para-hydroxylation sites is 1. The third-order valence-electron chi connectivity index (χ3n) is 4.81. The molecule has 1 aromatic heterocycles. The van der Waals surface area contributed by atoms with E-state index in [4.69, 9.17) is 4.74 Å². The van der Waals surface area contributed by atoms with Crippen molar-refractivity contribution >= 4 is 0 Å². The molecule has 1 saturated heterocycles. The fraction of sp³-hybridized carbons (Fsp3) is 0.450. The second-order valence-electron chi connectivity index (χ2n) is 6.84. The molecule has 3 rings (SSSR count). The van der Waals surface area contributed by atoms with Gasteiger partial charge in [-0.2, -0.15) is 0 Å². The third-order valence-corrected chi connectivity index (χ3v) is 4.81. The SMILES string of the molecule is COc1ccccc1[C@@H]1CCN(Cc2ccc(=O)n(C(C)C)c2)C1. The second kappa shape index (κ2) is 7.22. The largest absolute Gasteiger partial charge is 0.496 e. The molecule has 0 radical (unpaired) electrons. The lowest BCUT2D eigenvalue weighted by atomic mass is 9.97. The predicted octanol–water partition coefficient (Wildman–Crippen LogP) is 3.43. The van der Waals surface area contributed by atoms with Crippen molar-refractivity contribution in [3.63, 3.8) is 0 Å². The van der Waals surface area contributed by atoms with Crippen molar-refractivity contribution in [3.8, 4) is 5.75 Å². The van der Waals surface area contributed by atoms with Gasteiger partial charge in [-0.1, -0.05) is 24.3 Å². The molecular weight excluding hydrogens is 300 g/mol. The Labute approximate surface area is 143 Å². The normalized spacial score (nSPS) is 18.2. The Bertz CT molecular complexity index is 751. The molecule has 0 N–H and O–H groups in total. The summed E-state index contributed by atoms with van der Waals surface area (Å²) in [6, 6.07) is 12.1. The lowest BCUT2D eigenvalue weighted by Crippen LogP contribution is -2.24. The Morgan fingerprint density at radius 3 is 2.75 bits per heavy atom. The quantitative estimate of drug-likeness (QED) is 0.844. The van der Waals surface area contributed by atoms with Gasteiger partial charge in [-0.05, 0) is 44.0 Å². The van der Waals surface area contributed by atoms with E-state index in [-0.39, 0.29) is 11.6 Å². The van der Waals surface area contributed by atoms with Gasteiger partial charge in [-0.15, -0.1) is 0 Å². The molecule has 0 aliphatic carbocycles. The fourth-order valence-electron chi connectivity index (χ4n) is 3.54. The van der Waals surface area contributed by atoms with Crippen molar-refractivity contribution in [1.82, 2.24) is 9.47 Å². The summed E-state index contributed by atoms with van der Waals surface area (Å²) in [5.41, 5.74) is 2.57. The molecular formula is C20H26N2O2. The van der Waals surface area contributed by atoms with Crippen LogP contribution in [0.2, 0.25) is 0 Å². The molecule has 2 aromatic rings. The molecule has 0 amide bonds. The summed E-state index contributed by atoms with van der Waals surface area (Å²) in [4.78, 5) is 14.4. The van der Waals surface area contributed by atoms with E-state index in [9.17, 15) is 4.79 Å². The molecule has 1 aliphatic rings. The highest BCUT2D eigenvalue weighted by Crippen LogP contribution is 2.33. The van der Waals surface area contributed by atoms with Gasteiger partial charge in [0.15, 0.2) is 0 Å². The van der Waals surface area contributed by atoms with Crippen molar-refractivity contribution in [1.29, 1.82) is 0 Å². The fourth-order valence-corrected chi connectivity index (χ4v) is 3.54. The summed E-state index contributed by atoms with van der Waals surface area (Å²) in [6.45, 7) is 7.07. The van der Waals surface area contributed by atoms with Gasteiger partial charge in [-0.25, -0.2) is 0 Å². The minimum absolute atomic E-state index is 0.0714. The summed E-state index contributed by atoms with van der Waals surface area (Å²) in [7, 11) is 1.74. The summed E-state index contributed by atoms with van der Waals surface area (Å²) >= 11 is 0. The van der Waals surface area contributed by atoms with Crippen LogP contribution in [0.1, 0.15) is 43.4 Å². The Morgan fingerprint density at radius 1 is 1.21 bits per heavy atom. The van der Waals surface area contributed by atoms with Crippen molar-refractivity contribution in [2.45, 2.75) is 38.8 Å². The lowest BCUT2D eigenvalue weighted by molar-refractivity contribution is 0.324. The van der Waals surface area contributed by atoms with Gasteiger partial charge in [0, 0.05) is 37.3 Å². The van der Waals surface area contributed by atoms with E-state index in [0.29, 0.717) is 5.92 Å². The first kappa shape index (κ1) is 16.8. The number of likely N-dealkylation sites (tertiary alicyclic amines) is 1. The monoisotopic (exact) mass is 326 g/mol. The molecule has 0 bridgehead atoms. The van der Waals surface area contributed by atoms with Gasteiger partial charge in [0.05, 0.1) is 7.11 Å². The molecule has 1 atom stereocenters. The molecule has 0 spiro atoms. The Morgan fingerprint density at radius 2 is 2.00 bits per heavy atom. The van der Waals surface area contributed by atoms with E-state index in [1.165, 1.54) is 11.1 Å². The first-order valence-corrected chi connectivity index (χ1v) is 8.65. The van der Waals surface area contributed by atoms with Crippen molar-refractivity contribution in [2.24, 2.45) is 0 Å². The van der Waals surface area contributed by atoms with E-state index in [1.807, 2.05) is 42.8 Å². The van der Waals surface area contributed by atoms with Crippen LogP contribution in [-0.4, -0.2) is 29.7 Å². The topological polar surface area (TPSA) is 34.5 Å². The van der Waals surface area contributed by atoms with Crippen LogP contribution in [0.25, 0.3) is 0 Å². The van der Waals surface area contributed by atoms with E-state index < -0.39 is 0 Å². The molecule has 128 valence electrons. The maximum atomic E-state index is 11.9. The van der Waals surface area contributed by atoms with E-state index in [1.54, 1.807) is 13.2 Å². The minimum Gasteiger partial charge on any atom is -0.496 e. The average Bonchev–Trinajstić information content (AvgIpc) is 3.04. The molecule has 2 heterocycles. The number of hydrogen-bond donors (Lipinski definition) is 0. The number of ether oxygens (including phenoxy) is 1. The summed E-state index contributed by atoms with van der Waals surface area (Å²) < 4.78 is 7.32. The Kier molecular flexibility index (Phi) is 5.05. The van der Waals surface area contributed by atoms with Gasteiger partial charge in [0.2, 0.25) is 0 Å². The third kappa shape index (κ3) is 3.54. The van der Waals surface area contributed by atoms with Gasteiger partial charge >= 0.3 is 0 Å². The maximum Gasteiger partial charge on any atom is 0.250 e. The highest BCUT2D eigenvalue weighted by Gasteiger charge is 2.26. The van der Waals surface area contributed by atoms with Crippen molar-refractivity contribution in [2.75, 3.05) is 20.2 Å². The maximum absolute atomic E-state index is 11.9. The number of rotatable bonds is 5. The Hall–Kier alpha value is -2.07. The minimum atomic E-state index is 0.0714. The van der Waals surface area contributed by atoms with Gasteiger partial charge in [0.25, 0.3) is 5.56 Å². The molecule has 1 fully saturated rings. The zero-order valence-electron chi connectivity index (χ0n) is 14.7. The zero-order valence-corrected chi connectivity index (χ0v) is 14.7. The summed E-state index contributed by atoms with van der Waals surface area (Å²) in [5.74, 6) is 1.50. The molecule has 0 unspecified atom stereocenters. The highest BCUT2D eigenvalue weighted by atomic mass is 16.5. The van der Waals surface area contributed by atoms with Crippen LogP contribution in [0.5, 0.6) is 5.75 Å². The van der Waals surface area contributed by atoms with Crippen LogP contribution in [0.3, 0.4) is 0 Å². The lowest BCUT2D eigenvalue weighted by Gasteiger charge is -2.19. The highest BCUT2D eigenvalue weighted by molar-refractivity contribution is 5.37. The molecule has 0 saturated carbocycles. The molecule has 24 heavy (non-hydrogen) atoms. The number of nitrogens with zero attached hydrogens (tertiary/aromatic N) is 2. The van der Waals surface area contributed by atoms with Crippen molar-refractivity contribution in [3.05, 3.63) is 64.1 Å². The van der Waals surface area contributed by atoms with Gasteiger partial charge in [-0.3, -0.25) is 9.69 Å². The number of benzene rings is 1. The number of pyridine rings is 1. The van der Waals surface area contributed by atoms with Crippen LogP contribution in [0.4, 0.5) is 0 Å². The standard InChI is InChI=1S/C20H26N2O2/c1-15(2)22-13-16(8-9-20(22)23)12-21-11-10-17(14-21)18-6-4-5-7-19(18)24-3/h4-9,13,15,17H,10-12,14H2,1-3H3/t17-/m1/s1. The van der Waals surface area contributed by atoms with E-state index in [0.717, 1.165) is 31.8 Å². The molecule has 4 nitrogen and oxygen atoms in total. The van der Waals surface area contributed by atoms with Crippen LogP contribution in [-0.2, 0) is 6.54 Å². The van der Waals surface area contributed by atoms with Gasteiger partial charge < -0.3 is 9.30 Å². The number of aromatic nitrogens is 1. The smallest absolute Gasteiger partial charge is 0.250 e. The first-order valence-electron chi connectivity index (χ1n) is 8.65. The molecule has 4 heteroatoms. The molecule has 1 aromatic carbocycles. The average molecular weight is 326 g/mol. The van der Waals surface area contributed by atoms with Gasteiger partial charge in [0.1, 0.15) is 5.75 Å². The zero-order chi connectivity index (χ0) is 17.1. The Balaban J connectivity index is 1.71. The van der Waals surface area contributed by atoms with Crippen LogP contribution in [0.15, 0.2) is 47.4 Å². The van der Waals surface area contributed by atoms with Crippen LogP contribution >= 0.6 is 0 Å². The van der Waals surface area contributed by atoms with Crippen molar-refractivity contribution < 1.29 is 4.74 Å². The van der Waals surface area contributed by atoms with E-state index in [2.05, 4.69) is 17.0 Å². The summed E-state index contributed by atoms with van der Waals surface area (Å²) in [6.07, 6.45) is 3.15. The van der Waals surface area contributed by atoms with E-state index >= 15 is 0 Å². The van der Waals surface area contributed by atoms with Crippen LogP contribution < -0.4 is 10.3 Å². The number of methoxy groups -OCH3 is 1. The molecule has 1 aliphatic heterocycles.